The van der Waals surface area contributed by atoms with Crippen LogP contribution in [0.15, 0.2) is 91.0 Å². The van der Waals surface area contributed by atoms with Crippen molar-refractivity contribution in [1.82, 2.24) is 15.5 Å². The molecule has 17 heteroatoms. The van der Waals surface area contributed by atoms with Crippen molar-refractivity contribution in [2.75, 3.05) is 31.9 Å². The predicted octanol–water partition coefficient (Wildman–Crippen LogP) is 11.0. The van der Waals surface area contributed by atoms with Crippen LogP contribution >= 0.6 is 11.8 Å². The Hall–Kier alpha value is -6.07. The van der Waals surface area contributed by atoms with Gasteiger partial charge in [0.05, 0.1) is 29.0 Å². The van der Waals surface area contributed by atoms with Gasteiger partial charge in [-0.05, 0) is 108 Å². The molecule has 3 aromatic rings. The van der Waals surface area contributed by atoms with Gasteiger partial charge in [0.25, 0.3) is 0 Å². The molecule has 4 rings (SSSR count). The summed E-state index contributed by atoms with van der Waals surface area (Å²) in [6.07, 6.45) is 10.8. The Morgan fingerprint density at radius 1 is 0.597 bits per heavy atom. The zero-order valence-corrected chi connectivity index (χ0v) is 47.7. The van der Waals surface area contributed by atoms with E-state index in [0.717, 1.165) is 62.7 Å². The summed E-state index contributed by atoms with van der Waals surface area (Å²) in [6.45, 7) is 14.7. The van der Waals surface area contributed by atoms with Crippen LogP contribution < -0.4 is 16.4 Å². The normalized spacial score (nSPS) is 13.2. The number of nitrogens with zero attached hydrogens (tertiary/aromatic N) is 1. The smallest absolute Gasteiger partial charge is 0.407 e. The third-order valence-corrected chi connectivity index (χ3v) is 14.2. The number of amides is 4. The van der Waals surface area contributed by atoms with Gasteiger partial charge in [0.15, 0.2) is 5.78 Å². The summed E-state index contributed by atoms with van der Waals surface area (Å²) < 4.78 is 4.66. The number of aliphatic carboxylic acids is 3. The number of likely N-dealkylation sites (tertiary alicyclic amines) is 1. The van der Waals surface area contributed by atoms with Crippen molar-refractivity contribution < 1.29 is 58.4 Å². The summed E-state index contributed by atoms with van der Waals surface area (Å²) >= 11 is 1.78. The van der Waals surface area contributed by atoms with Crippen molar-refractivity contribution in [3.8, 4) is 0 Å². The Morgan fingerprint density at radius 3 is 1.34 bits per heavy atom. The largest absolute Gasteiger partial charge is 0.481 e. The van der Waals surface area contributed by atoms with E-state index in [4.69, 9.17) is 25.8 Å². The number of nitrogens with one attached hydrogen (secondary N) is 2. The first-order valence-electron chi connectivity index (χ1n) is 27.5. The first-order valence-corrected chi connectivity index (χ1v) is 28.5. The van der Waals surface area contributed by atoms with Crippen molar-refractivity contribution in [2.24, 2.45) is 23.5 Å². The van der Waals surface area contributed by atoms with Gasteiger partial charge in [-0.2, -0.15) is 0 Å². The summed E-state index contributed by atoms with van der Waals surface area (Å²) in [4.78, 5) is 90.6. The highest BCUT2D eigenvalue weighted by Crippen LogP contribution is 2.48. The number of Topliss-reactive ketones (excluding diaryl/α,β-unsaturated/α-hetero) is 1. The van der Waals surface area contributed by atoms with Crippen LogP contribution in [0, 0.1) is 17.8 Å². The SMILES string of the molecule is CCCC(=O)CN1C(=O)CCC1=O.CC[C@@H](CCCCN)C(=O)O.CC[C@@H](CCCCNC(=O)CCSC(c1ccccc1)(c1ccccc1)c1ccccc1)C(=O)O.CC[C@@H](CCCCNC(=O)OC(C)(C)C)C(=O)O. The summed E-state index contributed by atoms with van der Waals surface area (Å²) in [5, 5.41) is 32.3. The first-order chi connectivity index (χ1) is 36.7. The molecule has 0 aromatic heterocycles. The number of imide groups is 1. The fourth-order valence-corrected chi connectivity index (χ4v) is 9.79. The van der Waals surface area contributed by atoms with Gasteiger partial charge in [-0.25, -0.2) is 4.79 Å². The van der Waals surface area contributed by atoms with E-state index in [1.165, 1.54) is 16.7 Å². The van der Waals surface area contributed by atoms with Crippen LogP contribution in [0.2, 0.25) is 0 Å². The number of ether oxygens (including phenoxy) is 1. The van der Waals surface area contributed by atoms with E-state index < -0.39 is 34.3 Å². The van der Waals surface area contributed by atoms with Crippen LogP contribution in [0.3, 0.4) is 0 Å². The van der Waals surface area contributed by atoms with Gasteiger partial charge < -0.3 is 36.4 Å². The highest BCUT2D eigenvalue weighted by Gasteiger charge is 2.37. The molecule has 1 saturated heterocycles. The molecule has 0 unspecified atom stereocenters. The van der Waals surface area contributed by atoms with Crippen LogP contribution in [0.25, 0.3) is 0 Å². The number of carbonyl (C=O) groups is 8. The van der Waals surface area contributed by atoms with Crippen LogP contribution in [-0.2, 0) is 43.0 Å². The Bertz CT molecular complexity index is 2080. The Kier molecular flexibility index (Phi) is 35.2. The van der Waals surface area contributed by atoms with Crippen LogP contribution in [0.4, 0.5) is 4.79 Å². The predicted molar refractivity (Wildman–Crippen MR) is 304 cm³/mol. The van der Waals surface area contributed by atoms with Gasteiger partial charge in [0.2, 0.25) is 17.7 Å². The summed E-state index contributed by atoms with van der Waals surface area (Å²) in [5.41, 5.74) is 8.36. The molecule has 7 N–H and O–H groups in total. The number of thioether (sulfide) groups is 1. The maximum absolute atomic E-state index is 12.6. The first kappa shape index (κ1) is 68.9. The number of hydrogen-bond donors (Lipinski definition) is 6. The molecular weight excluding hydrogens is 1000 g/mol. The maximum atomic E-state index is 12.6. The fourth-order valence-electron chi connectivity index (χ4n) is 8.29. The number of carboxylic acid groups (broad SMARTS) is 3. The zero-order chi connectivity index (χ0) is 57.7. The van der Waals surface area contributed by atoms with Crippen molar-refractivity contribution >= 4 is 59.3 Å². The molecule has 1 aliphatic rings. The molecule has 0 bridgehead atoms. The lowest BCUT2D eigenvalue weighted by Gasteiger charge is -2.35. The molecular formula is C60H90N4O12S. The lowest BCUT2D eigenvalue weighted by Crippen LogP contribution is -2.34. The molecule has 0 aliphatic carbocycles. The van der Waals surface area contributed by atoms with Crippen LogP contribution in [-0.4, -0.2) is 105 Å². The highest BCUT2D eigenvalue weighted by molar-refractivity contribution is 8.00. The molecule has 4 amide bonds. The number of hydrogen-bond acceptors (Lipinski definition) is 11. The minimum Gasteiger partial charge on any atom is -0.481 e. The number of ketones is 1. The lowest BCUT2D eigenvalue weighted by molar-refractivity contribution is -0.143. The van der Waals surface area contributed by atoms with Crippen LogP contribution in [0.5, 0.6) is 0 Å². The van der Waals surface area contributed by atoms with Crippen LogP contribution in [0.1, 0.15) is 174 Å². The van der Waals surface area contributed by atoms with Gasteiger partial charge in [-0.3, -0.25) is 38.5 Å². The van der Waals surface area contributed by atoms with E-state index >= 15 is 0 Å². The van der Waals surface area contributed by atoms with Gasteiger partial charge in [0.1, 0.15) is 5.60 Å². The zero-order valence-electron chi connectivity index (χ0n) is 46.9. The summed E-state index contributed by atoms with van der Waals surface area (Å²) in [7, 11) is 0. The molecule has 1 aliphatic heterocycles. The van der Waals surface area contributed by atoms with E-state index in [0.29, 0.717) is 63.9 Å². The summed E-state index contributed by atoms with van der Waals surface area (Å²) in [6, 6.07) is 31.4. The standard InChI is InChI=1S/C30H35NO3S.C13H25NO4.C9H13NO3.C8H17NO2/c1-2-24(29(33)34)14-12-13-22-31-28(32)21-23-35-30(25-15-6-3-7-16-25,26-17-8-4-9-18-26)27-19-10-5-11-20-27;1-5-10(11(15)16)8-6-7-9-14-12(17)18-13(2,3)4;1-2-3-7(11)6-10-8(12)4-5-9(10)13;1-2-7(8(10)11)5-3-4-6-9/h3-11,15-20,24H,2,12-14,21-23H2,1H3,(H,31,32)(H,33,34);10H,5-9H2,1-4H3,(H,14,17)(H,15,16);2-6H2,1H3;7H,2-6,9H2,1H3,(H,10,11)/t24-;10-;;7-/m00.0/s1. The molecule has 0 radical (unpaired) electrons. The maximum Gasteiger partial charge on any atom is 0.407 e. The number of carboxylic acids is 3. The molecule has 3 atom stereocenters. The second-order valence-electron chi connectivity index (χ2n) is 19.9. The van der Waals surface area contributed by atoms with Crippen molar-refractivity contribution in [3.05, 3.63) is 108 Å². The monoisotopic (exact) mass is 1090 g/mol. The number of benzene rings is 3. The number of rotatable bonds is 31. The third kappa shape index (κ3) is 28.2. The molecule has 428 valence electrons. The molecule has 1 heterocycles. The average Bonchev–Trinajstić information content (AvgIpc) is 3.71. The van der Waals surface area contributed by atoms with E-state index in [1.54, 1.807) is 11.8 Å². The lowest BCUT2D eigenvalue weighted by atomic mass is 9.84. The van der Waals surface area contributed by atoms with E-state index in [9.17, 15) is 38.4 Å². The summed E-state index contributed by atoms with van der Waals surface area (Å²) in [5.74, 6) is -2.63. The van der Waals surface area contributed by atoms with Crippen molar-refractivity contribution in [3.63, 3.8) is 0 Å². The Balaban J connectivity index is 0.000000587. The second kappa shape index (κ2) is 39.3. The molecule has 0 saturated carbocycles. The molecule has 3 aromatic carbocycles. The second-order valence-corrected chi connectivity index (χ2v) is 21.2. The van der Waals surface area contributed by atoms with E-state index in [2.05, 4.69) is 83.4 Å². The number of alkyl carbamates (subject to hydrolysis) is 1. The van der Waals surface area contributed by atoms with Crippen molar-refractivity contribution in [1.29, 1.82) is 0 Å². The third-order valence-electron chi connectivity index (χ3n) is 12.7. The quantitative estimate of drug-likeness (QED) is 0.0199. The number of unbranched alkanes of at least 4 members (excludes halogenated alkanes) is 3. The van der Waals surface area contributed by atoms with E-state index in [1.807, 2.05) is 66.7 Å². The van der Waals surface area contributed by atoms with Gasteiger partial charge >= 0.3 is 24.0 Å². The van der Waals surface area contributed by atoms with Crippen molar-refractivity contribution in [2.45, 2.75) is 168 Å². The minimum absolute atomic E-state index is 0.0223. The molecule has 1 fully saturated rings. The Labute approximate surface area is 462 Å². The number of nitrogens with two attached hydrogens (primary N) is 1. The van der Waals surface area contributed by atoms with Gasteiger partial charge in [-0.15, -0.1) is 11.8 Å². The van der Waals surface area contributed by atoms with Gasteiger partial charge in [0, 0.05) is 44.5 Å². The fraction of sp³-hybridized carbons (Fsp3) is 0.567. The highest BCUT2D eigenvalue weighted by atomic mass is 32.2. The minimum atomic E-state index is -0.738. The Morgan fingerprint density at radius 2 is 0.987 bits per heavy atom. The average molecular weight is 1090 g/mol. The molecule has 16 nitrogen and oxygen atoms in total. The molecule has 0 spiro atoms. The molecule has 77 heavy (non-hydrogen) atoms. The van der Waals surface area contributed by atoms with Gasteiger partial charge in [-0.1, -0.05) is 138 Å². The van der Waals surface area contributed by atoms with E-state index in [-0.39, 0.29) is 60.6 Å². The number of carbonyl (C=O) groups excluding carboxylic acids is 5. The topological polar surface area (TPSA) is 260 Å².